The molecule has 0 saturated heterocycles. The predicted octanol–water partition coefficient (Wildman–Crippen LogP) is 0.00970. The standard InChI is InChI=1S/C9H11N3O2/c13-4-3-10-9-11-5-6-1-2-7(14)8(6)12-9/h5,13H,1-4H2,(H,10,11,12). The monoisotopic (exact) mass is 193 g/mol. The van der Waals surface area contributed by atoms with Crippen molar-refractivity contribution in [2.45, 2.75) is 12.8 Å². The van der Waals surface area contributed by atoms with Crippen LogP contribution in [0.2, 0.25) is 0 Å². The second kappa shape index (κ2) is 3.71. The van der Waals surface area contributed by atoms with Crippen LogP contribution < -0.4 is 5.32 Å². The molecule has 1 aromatic rings. The first kappa shape index (κ1) is 9.08. The van der Waals surface area contributed by atoms with E-state index in [0.717, 1.165) is 12.0 Å². The Morgan fingerprint density at radius 2 is 2.36 bits per heavy atom. The highest BCUT2D eigenvalue weighted by molar-refractivity contribution is 5.98. The summed E-state index contributed by atoms with van der Waals surface area (Å²) < 4.78 is 0. The van der Waals surface area contributed by atoms with Crippen LogP contribution in [0.4, 0.5) is 5.95 Å². The minimum atomic E-state index is 0.0222. The van der Waals surface area contributed by atoms with Gasteiger partial charge in [-0.25, -0.2) is 9.97 Å². The molecule has 0 amide bonds. The number of rotatable bonds is 3. The molecule has 2 N–H and O–H groups in total. The molecule has 0 saturated carbocycles. The molecule has 5 heteroatoms. The Labute approximate surface area is 81.2 Å². The van der Waals surface area contributed by atoms with E-state index in [-0.39, 0.29) is 12.4 Å². The molecule has 0 unspecified atom stereocenters. The zero-order chi connectivity index (χ0) is 9.97. The maximum Gasteiger partial charge on any atom is 0.223 e. The van der Waals surface area contributed by atoms with E-state index in [1.54, 1.807) is 6.20 Å². The highest BCUT2D eigenvalue weighted by Gasteiger charge is 2.21. The Hall–Kier alpha value is -1.49. The molecule has 5 nitrogen and oxygen atoms in total. The van der Waals surface area contributed by atoms with Crippen LogP contribution in [0.25, 0.3) is 0 Å². The predicted molar refractivity (Wildman–Crippen MR) is 50.3 cm³/mol. The summed E-state index contributed by atoms with van der Waals surface area (Å²) in [7, 11) is 0. The third-order valence-electron chi connectivity index (χ3n) is 2.14. The maximum absolute atomic E-state index is 11.3. The van der Waals surface area contributed by atoms with Gasteiger partial charge < -0.3 is 10.4 Å². The molecule has 1 aromatic heterocycles. The molecule has 74 valence electrons. The average molecular weight is 193 g/mol. The van der Waals surface area contributed by atoms with Crippen LogP contribution in [0.3, 0.4) is 0 Å². The lowest BCUT2D eigenvalue weighted by Gasteiger charge is -2.03. The molecule has 14 heavy (non-hydrogen) atoms. The van der Waals surface area contributed by atoms with Crippen molar-refractivity contribution in [1.29, 1.82) is 0 Å². The van der Waals surface area contributed by atoms with E-state index >= 15 is 0 Å². The van der Waals surface area contributed by atoms with Gasteiger partial charge in [0.05, 0.1) is 6.61 Å². The van der Waals surface area contributed by atoms with Crippen LogP contribution >= 0.6 is 0 Å². The largest absolute Gasteiger partial charge is 0.395 e. The molecule has 0 fully saturated rings. The van der Waals surface area contributed by atoms with Crippen molar-refractivity contribution >= 4 is 11.7 Å². The fraction of sp³-hybridized carbons (Fsp3) is 0.444. The van der Waals surface area contributed by atoms with Gasteiger partial charge in [-0.3, -0.25) is 4.79 Å². The Balaban J connectivity index is 2.21. The van der Waals surface area contributed by atoms with E-state index in [1.165, 1.54) is 0 Å². The number of carbonyl (C=O) groups excluding carboxylic acids is 1. The first-order valence-electron chi connectivity index (χ1n) is 4.55. The number of nitrogens with zero attached hydrogens (tertiary/aromatic N) is 2. The minimum Gasteiger partial charge on any atom is -0.395 e. The fourth-order valence-corrected chi connectivity index (χ4v) is 1.45. The summed E-state index contributed by atoms with van der Waals surface area (Å²) in [5, 5.41) is 11.4. The van der Waals surface area contributed by atoms with Gasteiger partial charge in [0, 0.05) is 24.7 Å². The Bertz CT molecular complexity index is 365. The number of aliphatic hydroxyl groups excluding tert-OH is 1. The van der Waals surface area contributed by atoms with Gasteiger partial charge in [0.2, 0.25) is 5.95 Å². The van der Waals surface area contributed by atoms with Gasteiger partial charge in [-0.05, 0) is 6.42 Å². The number of nitrogens with one attached hydrogen (secondary N) is 1. The third kappa shape index (κ3) is 1.58. The number of carbonyl (C=O) groups is 1. The van der Waals surface area contributed by atoms with Crippen molar-refractivity contribution in [3.05, 3.63) is 17.5 Å². The summed E-state index contributed by atoms with van der Waals surface area (Å²) >= 11 is 0. The molecule has 0 aliphatic heterocycles. The van der Waals surface area contributed by atoms with Crippen LogP contribution in [0, 0.1) is 0 Å². The molecule has 1 heterocycles. The van der Waals surface area contributed by atoms with Gasteiger partial charge in [-0.15, -0.1) is 0 Å². The van der Waals surface area contributed by atoms with Crippen LogP contribution in [0.15, 0.2) is 6.20 Å². The Morgan fingerprint density at radius 1 is 1.50 bits per heavy atom. The van der Waals surface area contributed by atoms with Gasteiger partial charge in [0.1, 0.15) is 5.69 Å². The van der Waals surface area contributed by atoms with Crippen molar-refractivity contribution in [1.82, 2.24) is 9.97 Å². The molecule has 1 aliphatic rings. The number of Topliss-reactive ketones (excluding diaryl/α,β-unsaturated/α-hetero) is 1. The van der Waals surface area contributed by atoms with Crippen LogP contribution in [0.5, 0.6) is 0 Å². The molecule has 0 atom stereocenters. The van der Waals surface area contributed by atoms with Gasteiger partial charge in [0.15, 0.2) is 5.78 Å². The van der Waals surface area contributed by atoms with Gasteiger partial charge in [0.25, 0.3) is 0 Å². The lowest BCUT2D eigenvalue weighted by molar-refractivity contribution is 0.0990. The third-order valence-corrected chi connectivity index (χ3v) is 2.14. The molecule has 0 aromatic carbocycles. The van der Waals surface area contributed by atoms with Crippen LogP contribution in [-0.2, 0) is 6.42 Å². The van der Waals surface area contributed by atoms with Gasteiger partial charge >= 0.3 is 0 Å². The number of ketones is 1. The van der Waals surface area contributed by atoms with Crippen LogP contribution in [-0.4, -0.2) is 34.0 Å². The van der Waals surface area contributed by atoms with Crippen molar-refractivity contribution in [2.75, 3.05) is 18.5 Å². The molecule has 0 bridgehead atoms. The number of anilines is 1. The van der Waals surface area contributed by atoms with Crippen molar-refractivity contribution in [3.8, 4) is 0 Å². The highest BCUT2D eigenvalue weighted by atomic mass is 16.3. The maximum atomic E-state index is 11.3. The molecule has 2 rings (SSSR count). The van der Waals surface area contributed by atoms with Crippen molar-refractivity contribution in [3.63, 3.8) is 0 Å². The number of aryl methyl sites for hydroxylation is 1. The SMILES string of the molecule is O=C1CCc2cnc(NCCO)nc21. The molecule has 1 aliphatic carbocycles. The van der Waals surface area contributed by atoms with Crippen molar-refractivity contribution < 1.29 is 9.90 Å². The second-order valence-corrected chi connectivity index (χ2v) is 3.14. The van der Waals surface area contributed by atoms with Gasteiger partial charge in [-0.1, -0.05) is 0 Å². The summed E-state index contributed by atoms with van der Waals surface area (Å²) in [6.07, 6.45) is 2.95. The molecule has 0 radical (unpaired) electrons. The van der Waals surface area contributed by atoms with Gasteiger partial charge in [-0.2, -0.15) is 0 Å². The summed E-state index contributed by atoms with van der Waals surface area (Å²) in [5.41, 5.74) is 1.45. The van der Waals surface area contributed by atoms with E-state index in [4.69, 9.17) is 5.11 Å². The van der Waals surface area contributed by atoms with E-state index in [9.17, 15) is 4.79 Å². The Morgan fingerprint density at radius 3 is 3.14 bits per heavy atom. The molecular weight excluding hydrogens is 182 g/mol. The minimum absolute atomic E-state index is 0.0222. The molecule has 0 spiro atoms. The normalized spacial score (nSPS) is 14.2. The molecular formula is C9H11N3O2. The summed E-state index contributed by atoms with van der Waals surface area (Å²) in [5.74, 6) is 0.488. The number of aromatic nitrogens is 2. The quantitative estimate of drug-likeness (QED) is 0.707. The first-order valence-corrected chi connectivity index (χ1v) is 4.55. The zero-order valence-corrected chi connectivity index (χ0v) is 7.66. The highest BCUT2D eigenvalue weighted by Crippen LogP contribution is 2.19. The van der Waals surface area contributed by atoms with E-state index < -0.39 is 0 Å². The van der Waals surface area contributed by atoms with E-state index in [0.29, 0.717) is 24.6 Å². The topological polar surface area (TPSA) is 75.1 Å². The van der Waals surface area contributed by atoms with Crippen LogP contribution in [0.1, 0.15) is 22.5 Å². The average Bonchev–Trinajstić information content (AvgIpc) is 2.57. The number of aliphatic hydroxyl groups is 1. The fourth-order valence-electron chi connectivity index (χ4n) is 1.45. The number of fused-ring (bicyclic) bond motifs is 1. The second-order valence-electron chi connectivity index (χ2n) is 3.14. The summed E-state index contributed by atoms with van der Waals surface area (Å²) in [6, 6.07) is 0. The van der Waals surface area contributed by atoms with E-state index in [2.05, 4.69) is 15.3 Å². The van der Waals surface area contributed by atoms with Crippen molar-refractivity contribution in [2.24, 2.45) is 0 Å². The lowest BCUT2D eigenvalue weighted by atomic mass is 10.3. The number of hydrogen-bond donors (Lipinski definition) is 2. The summed E-state index contributed by atoms with van der Waals surface area (Å²) in [6.45, 7) is 0.418. The lowest BCUT2D eigenvalue weighted by Crippen LogP contribution is -2.10. The van der Waals surface area contributed by atoms with E-state index in [1.807, 2.05) is 0 Å². The summed E-state index contributed by atoms with van der Waals surface area (Å²) in [4.78, 5) is 19.4. The zero-order valence-electron chi connectivity index (χ0n) is 7.66. The Kier molecular flexibility index (Phi) is 2.41. The smallest absolute Gasteiger partial charge is 0.223 e. The number of hydrogen-bond acceptors (Lipinski definition) is 5. The first-order chi connectivity index (χ1) is 6.81.